The molecule has 7 heteroatoms. The maximum absolute atomic E-state index is 12.9. The van der Waals surface area contributed by atoms with E-state index in [-0.39, 0.29) is 6.04 Å². The molecule has 0 aliphatic carbocycles. The Morgan fingerprint density at radius 3 is 2.91 bits per heavy atom. The zero-order valence-electron chi connectivity index (χ0n) is 12.0. The summed E-state index contributed by atoms with van der Waals surface area (Å²) in [6.45, 7) is 2.81. The molecule has 4 nitrogen and oxygen atoms in total. The average molecular weight is 313 g/mol. The predicted octanol–water partition coefficient (Wildman–Crippen LogP) is 2.29. The SMILES string of the molecule is FC(F)(F)c1cccc(N2CCNCC2CC2=CCNO2)c1. The highest BCUT2D eigenvalue weighted by Crippen LogP contribution is 2.32. The summed E-state index contributed by atoms with van der Waals surface area (Å²) in [5.41, 5.74) is 2.76. The molecule has 0 aromatic heterocycles. The van der Waals surface area contributed by atoms with E-state index in [9.17, 15) is 13.2 Å². The third-order valence-electron chi connectivity index (χ3n) is 3.91. The molecule has 1 saturated heterocycles. The van der Waals surface area contributed by atoms with E-state index in [2.05, 4.69) is 10.8 Å². The Kier molecular flexibility index (Phi) is 4.26. The van der Waals surface area contributed by atoms with E-state index >= 15 is 0 Å². The molecule has 2 aliphatic heterocycles. The molecule has 120 valence electrons. The molecule has 1 aromatic carbocycles. The minimum Gasteiger partial charge on any atom is -0.413 e. The van der Waals surface area contributed by atoms with E-state index in [1.165, 1.54) is 12.1 Å². The minimum atomic E-state index is -4.32. The quantitative estimate of drug-likeness (QED) is 0.898. The van der Waals surface area contributed by atoms with E-state index < -0.39 is 11.7 Å². The van der Waals surface area contributed by atoms with Crippen LogP contribution in [0, 0.1) is 0 Å². The third-order valence-corrected chi connectivity index (χ3v) is 3.91. The number of benzene rings is 1. The normalized spacial score (nSPS) is 22.4. The molecule has 0 saturated carbocycles. The van der Waals surface area contributed by atoms with Crippen LogP contribution in [0.5, 0.6) is 0 Å². The van der Waals surface area contributed by atoms with Gasteiger partial charge in [0.2, 0.25) is 0 Å². The lowest BCUT2D eigenvalue weighted by atomic mass is 10.1. The van der Waals surface area contributed by atoms with Gasteiger partial charge in [-0.1, -0.05) is 6.07 Å². The number of piperazine rings is 1. The zero-order valence-corrected chi connectivity index (χ0v) is 12.0. The smallest absolute Gasteiger partial charge is 0.413 e. The lowest BCUT2D eigenvalue weighted by Gasteiger charge is -2.38. The van der Waals surface area contributed by atoms with Crippen LogP contribution in [0.3, 0.4) is 0 Å². The molecular weight excluding hydrogens is 295 g/mol. The summed E-state index contributed by atoms with van der Waals surface area (Å²) in [5, 5.41) is 3.29. The van der Waals surface area contributed by atoms with E-state index in [0.29, 0.717) is 25.2 Å². The van der Waals surface area contributed by atoms with Gasteiger partial charge in [0, 0.05) is 37.8 Å². The van der Waals surface area contributed by atoms with Crippen LogP contribution in [0.15, 0.2) is 36.1 Å². The topological polar surface area (TPSA) is 36.5 Å². The first-order chi connectivity index (χ1) is 10.5. The van der Waals surface area contributed by atoms with Crippen molar-refractivity contribution in [3.63, 3.8) is 0 Å². The van der Waals surface area contributed by atoms with Crippen LogP contribution in [0.4, 0.5) is 18.9 Å². The van der Waals surface area contributed by atoms with Crippen molar-refractivity contribution in [1.29, 1.82) is 0 Å². The van der Waals surface area contributed by atoms with E-state index in [1.54, 1.807) is 6.07 Å². The Bertz CT molecular complexity index is 559. The summed E-state index contributed by atoms with van der Waals surface area (Å²) in [4.78, 5) is 7.32. The number of nitrogens with one attached hydrogen (secondary N) is 2. The van der Waals surface area contributed by atoms with Gasteiger partial charge in [0.1, 0.15) is 5.76 Å². The van der Waals surface area contributed by atoms with Gasteiger partial charge in [-0.3, -0.25) is 0 Å². The van der Waals surface area contributed by atoms with Crippen LogP contribution in [0.2, 0.25) is 0 Å². The monoisotopic (exact) mass is 313 g/mol. The maximum Gasteiger partial charge on any atom is 0.416 e. The Morgan fingerprint density at radius 2 is 2.18 bits per heavy atom. The number of nitrogens with zero attached hydrogens (tertiary/aromatic N) is 1. The highest BCUT2D eigenvalue weighted by molar-refractivity contribution is 5.51. The minimum absolute atomic E-state index is 0.0726. The largest absolute Gasteiger partial charge is 0.416 e. The van der Waals surface area contributed by atoms with Gasteiger partial charge < -0.3 is 15.1 Å². The van der Waals surface area contributed by atoms with Crippen LogP contribution in [0.25, 0.3) is 0 Å². The van der Waals surface area contributed by atoms with E-state index in [4.69, 9.17) is 4.84 Å². The highest BCUT2D eigenvalue weighted by atomic mass is 19.4. The molecule has 2 N–H and O–H groups in total. The molecule has 0 bridgehead atoms. The number of halogens is 3. The standard InChI is InChI=1S/C15H18F3N3O/c16-15(17,18)11-2-1-3-12(8-11)21-7-6-19-10-13(21)9-14-4-5-20-22-14/h1-4,8,13,19-20H,5-7,9-10H2. The fourth-order valence-electron chi connectivity index (χ4n) is 2.83. The molecule has 1 atom stereocenters. The predicted molar refractivity (Wildman–Crippen MR) is 77.2 cm³/mol. The molecule has 1 fully saturated rings. The average Bonchev–Trinajstić information content (AvgIpc) is 3.00. The number of hydrogen-bond donors (Lipinski definition) is 2. The van der Waals surface area contributed by atoms with Gasteiger partial charge >= 0.3 is 6.18 Å². The van der Waals surface area contributed by atoms with Crippen molar-refractivity contribution in [3.8, 4) is 0 Å². The molecular formula is C15H18F3N3O. The molecule has 3 rings (SSSR count). The molecule has 1 aromatic rings. The fraction of sp³-hybridized carbons (Fsp3) is 0.467. The second-order valence-electron chi connectivity index (χ2n) is 5.42. The van der Waals surface area contributed by atoms with Crippen LogP contribution in [0.1, 0.15) is 12.0 Å². The zero-order chi connectivity index (χ0) is 15.6. The molecule has 0 amide bonds. The summed E-state index contributed by atoms with van der Waals surface area (Å²) in [7, 11) is 0. The summed E-state index contributed by atoms with van der Waals surface area (Å²) in [6.07, 6.45) is -1.70. The van der Waals surface area contributed by atoms with Crippen molar-refractivity contribution in [2.75, 3.05) is 31.1 Å². The van der Waals surface area contributed by atoms with Crippen LogP contribution in [-0.2, 0) is 11.0 Å². The molecule has 22 heavy (non-hydrogen) atoms. The van der Waals surface area contributed by atoms with Gasteiger partial charge in [0.25, 0.3) is 0 Å². The molecule has 2 aliphatic rings. The van der Waals surface area contributed by atoms with Gasteiger partial charge in [-0.25, -0.2) is 0 Å². The summed E-state index contributed by atoms with van der Waals surface area (Å²) in [5.74, 6) is 0.839. The molecule has 2 heterocycles. The Hall–Kier alpha value is -1.73. The van der Waals surface area contributed by atoms with E-state index in [1.807, 2.05) is 11.0 Å². The van der Waals surface area contributed by atoms with Crippen molar-refractivity contribution >= 4 is 5.69 Å². The molecule has 0 spiro atoms. The Labute approximate surface area is 126 Å². The van der Waals surface area contributed by atoms with Gasteiger partial charge in [0.05, 0.1) is 12.1 Å². The van der Waals surface area contributed by atoms with Crippen molar-refractivity contribution in [2.45, 2.75) is 18.6 Å². The van der Waals surface area contributed by atoms with Gasteiger partial charge in [0.15, 0.2) is 0 Å². The van der Waals surface area contributed by atoms with Gasteiger partial charge in [-0.15, -0.1) is 0 Å². The third kappa shape index (κ3) is 3.36. The van der Waals surface area contributed by atoms with Crippen molar-refractivity contribution < 1.29 is 18.0 Å². The first-order valence-corrected chi connectivity index (χ1v) is 7.27. The summed E-state index contributed by atoms with van der Waals surface area (Å²) < 4.78 is 38.7. The number of hydrogen-bond acceptors (Lipinski definition) is 4. The Balaban J connectivity index is 1.81. The number of rotatable bonds is 3. The van der Waals surface area contributed by atoms with Gasteiger partial charge in [-0.2, -0.15) is 18.7 Å². The van der Waals surface area contributed by atoms with Gasteiger partial charge in [-0.05, 0) is 24.3 Å². The Morgan fingerprint density at radius 1 is 1.32 bits per heavy atom. The first-order valence-electron chi connectivity index (χ1n) is 7.27. The summed E-state index contributed by atoms with van der Waals surface area (Å²) in [6, 6.07) is 5.59. The van der Waals surface area contributed by atoms with Crippen molar-refractivity contribution in [2.24, 2.45) is 0 Å². The fourth-order valence-corrected chi connectivity index (χ4v) is 2.83. The lowest BCUT2D eigenvalue weighted by Crippen LogP contribution is -2.51. The van der Waals surface area contributed by atoms with E-state index in [0.717, 1.165) is 24.9 Å². The molecule has 1 unspecified atom stereocenters. The van der Waals surface area contributed by atoms with Crippen molar-refractivity contribution in [1.82, 2.24) is 10.8 Å². The molecule has 0 radical (unpaired) electrons. The van der Waals surface area contributed by atoms with Crippen molar-refractivity contribution in [3.05, 3.63) is 41.7 Å². The van der Waals surface area contributed by atoms with Crippen LogP contribution >= 0.6 is 0 Å². The number of anilines is 1. The van der Waals surface area contributed by atoms with Crippen LogP contribution in [-0.4, -0.2) is 32.2 Å². The number of alkyl halides is 3. The second-order valence-corrected chi connectivity index (χ2v) is 5.42. The maximum atomic E-state index is 12.9. The van der Waals surface area contributed by atoms with Crippen LogP contribution < -0.4 is 15.7 Å². The first kappa shape index (κ1) is 15.2. The number of hydroxylamine groups is 1. The summed E-state index contributed by atoms with van der Waals surface area (Å²) >= 11 is 0. The highest BCUT2D eigenvalue weighted by Gasteiger charge is 2.32. The second kappa shape index (κ2) is 6.18. The lowest BCUT2D eigenvalue weighted by molar-refractivity contribution is -0.137.